The van der Waals surface area contributed by atoms with Crippen molar-refractivity contribution in [2.24, 2.45) is 11.8 Å². The Bertz CT molecular complexity index is 742. The van der Waals surface area contributed by atoms with Crippen LogP contribution in [0.4, 0.5) is 0 Å². The number of thioether (sulfide) groups is 4. The summed E-state index contributed by atoms with van der Waals surface area (Å²) >= 11 is 15.8. The predicted octanol–water partition coefficient (Wildman–Crippen LogP) is 3.38. The van der Waals surface area contributed by atoms with Gasteiger partial charge >= 0.3 is 0 Å². The van der Waals surface area contributed by atoms with E-state index in [-0.39, 0.29) is 35.9 Å². The third-order valence-electron chi connectivity index (χ3n) is 6.97. The smallest absolute Gasteiger partial charge is 0.235 e. The molecule has 41 heavy (non-hydrogen) atoms. The molecule has 3 rings (SSSR count). The largest absolute Gasteiger partial charge is 0.378 e. The lowest BCUT2D eigenvalue weighted by atomic mass is 9.81. The first kappa shape index (κ1) is 36.5. The van der Waals surface area contributed by atoms with Crippen molar-refractivity contribution in [2.45, 2.75) is 30.3 Å². The van der Waals surface area contributed by atoms with E-state index >= 15 is 0 Å². The van der Waals surface area contributed by atoms with E-state index in [1.807, 2.05) is 47.0 Å². The quantitative estimate of drug-likeness (QED) is 0.0757. The third-order valence-corrected chi connectivity index (χ3v) is 12.1. The van der Waals surface area contributed by atoms with Crippen LogP contribution in [-0.4, -0.2) is 145 Å². The second kappa shape index (κ2) is 22.5. The van der Waals surface area contributed by atoms with Crippen LogP contribution in [0.5, 0.6) is 0 Å². The van der Waals surface area contributed by atoms with Crippen molar-refractivity contribution in [3.05, 3.63) is 0 Å². The molecule has 3 fully saturated rings. The zero-order valence-electron chi connectivity index (χ0n) is 23.9. The van der Waals surface area contributed by atoms with E-state index in [0.29, 0.717) is 51.4 Å². The van der Waals surface area contributed by atoms with E-state index in [4.69, 9.17) is 23.7 Å². The second-order valence-corrected chi connectivity index (χ2v) is 15.7. The normalized spacial score (nSPS) is 25.1. The molecule has 3 saturated heterocycles. The molecule has 2 amide bonds. The van der Waals surface area contributed by atoms with Crippen molar-refractivity contribution in [1.82, 2.24) is 4.90 Å². The molecule has 0 aromatic heterocycles. The highest BCUT2D eigenvalue weighted by Crippen LogP contribution is 2.51. The average Bonchev–Trinajstić information content (AvgIpc) is 3.63. The summed E-state index contributed by atoms with van der Waals surface area (Å²) in [6.07, 6.45) is 1.52. The average molecular weight is 690 g/mol. The van der Waals surface area contributed by atoms with E-state index in [2.05, 4.69) is 25.3 Å². The number of thiol groups is 2. The molecule has 0 N–H and O–H groups in total. The molecule has 0 saturated carbocycles. The summed E-state index contributed by atoms with van der Waals surface area (Å²) in [5.41, 5.74) is 0. The summed E-state index contributed by atoms with van der Waals surface area (Å²) in [7, 11) is 0. The van der Waals surface area contributed by atoms with E-state index in [0.717, 1.165) is 77.8 Å². The number of likely N-dealkylation sites (tertiary alicyclic amines) is 1. The summed E-state index contributed by atoms with van der Waals surface area (Å²) < 4.78 is 27.9. The molecule has 2 bridgehead atoms. The Morgan fingerprint density at radius 2 is 1.22 bits per heavy atom. The van der Waals surface area contributed by atoms with Gasteiger partial charge in [-0.1, -0.05) is 0 Å². The highest BCUT2D eigenvalue weighted by molar-refractivity contribution is 8.03. The van der Waals surface area contributed by atoms with Crippen LogP contribution < -0.4 is 0 Å². The van der Waals surface area contributed by atoms with Gasteiger partial charge in [0, 0.05) is 57.8 Å². The SMILES string of the molecule is O=C1C2C3CC(SCCSCCOCCOCCS)C(O3)C2C(=O)N1CCCSCCSCCOCCOCCS. The molecule has 3 aliphatic rings. The number of ether oxygens (including phenoxy) is 5. The molecule has 238 valence electrons. The monoisotopic (exact) mass is 689 g/mol. The number of carbonyl (C=O) groups excluding carboxylic acids is 2. The number of hydrogen-bond acceptors (Lipinski definition) is 13. The van der Waals surface area contributed by atoms with Crippen LogP contribution in [0.2, 0.25) is 0 Å². The Kier molecular flexibility index (Phi) is 20.1. The lowest BCUT2D eigenvalue weighted by Crippen LogP contribution is -2.37. The predicted molar refractivity (Wildman–Crippen MR) is 181 cm³/mol. The summed E-state index contributed by atoms with van der Waals surface area (Å²) in [6, 6.07) is 0. The Morgan fingerprint density at radius 3 is 1.83 bits per heavy atom. The molecule has 0 spiro atoms. The fourth-order valence-corrected chi connectivity index (χ4v) is 9.69. The fourth-order valence-electron chi connectivity index (χ4n) is 5.17. The topological polar surface area (TPSA) is 83.5 Å². The molecule has 5 atom stereocenters. The van der Waals surface area contributed by atoms with Gasteiger partial charge in [0.25, 0.3) is 0 Å². The van der Waals surface area contributed by atoms with Crippen LogP contribution >= 0.6 is 72.3 Å². The number of hydrogen-bond donors (Lipinski definition) is 2. The number of rotatable bonds is 27. The minimum absolute atomic E-state index is 0.000696. The van der Waals surface area contributed by atoms with Gasteiger partial charge in [0.1, 0.15) is 0 Å². The van der Waals surface area contributed by atoms with E-state index in [1.54, 1.807) is 0 Å². The Morgan fingerprint density at radius 1 is 0.683 bits per heavy atom. The number of amides is 2. The van der Waals surface area contributed by atoms with E-state index < -0.39 is 0 Å². The van der Waals surface area contributed by atoms with Crippen molar-refractivity contribution in [3.8, 4) is 0 Å². The van der Waals surface area contributed by atoms with Gasteiger partial charge in [0.2, 0.25) is 11.8 Å². The minimum Gasteiger partial charge on any atom is -0.378 e. The van der Waals surface area contributed by atoms with Gasteiger partial charge < -0.3 is 23.7 Å². The van der Waals surface area contributed by atoms with Crippen molar-refractivity contribution >= 4 is 84.1 Å². The van der Waals surface area contributed by atoms with Crippen molar-refractivity contribution in [1.29, 1.82) is 0 Å². The summed E-state index contributed by atoms with van der Waals surface area (Å²) in [5.74, 6) is 8.05. The van der Waals surface area contributed by atoms with Gasteiger partial charge in [0.15, 0.2) is 0 Å². The Balaban J connectivity index is 1.19. The van der Waals surface area contributed by atoms with Crippen LogP contribution in [0, 0.1) is 11.8 Å². The van der Waals surface area contributed by atoms with Gasteiger partial charge in [-0.2, -0.15) is 72.3 Å². The first-order valence-electron chi connectivity index (χ1n) is 14.6. The molecule has 14 heteroatoms. The number of nitrogens with zero attached hydrogens (tertiary/aromatic N) is 1. The lowest BCUT2D eigenvalue weighted by molar-refractivity contribution is -0.142. The zero-order valence-corrected chi connectivity index (χ0v) is 28.9. The fraction of sp³-hybridized carbons (Fsp3) is 0.926. The summed E-state index contributed by atoms with van der Waals surface area (Å²) in [6.45, 7) is 5.85. The van der Waals surface area contributed by atoms with Crippen LogP contribution in [0.3, 0.4) is 0 Å². The molecule has 3 aliphatic heterocycles. The highest BCUT2D eigenvalue weighted by atomic mass is 32.2. The van der Waals surface area contributed by atoms with Gasteiger partial charge in [0.05, 0.1) is 76.9 Å². The number of carbonyl (C=O) groups is 2. The van der Waals surface area contributed by atoms with Crippen molar-refractivity contribution in [2.75, 3.05) is 111 Å². The van der Waals surface area contributed by atoms with E-state index in [9.17, 15) is 9.59 Å². The first-order chi connectivity index (χ1) is 20.2. The molecule has 0 aromatic rings. The van der Waals surface area contributed by atoms with Gasteiger partial charge in [-0.15, -0.1) is 0 Å². The first-order valence-corrected chi connectivity index (χ1v) is 20.3. The van der Waals surface area contributed by atoms with Gasteiger partial charge in [-0.25, -0.2) is 0 Å². The Hall–Kier alpha value is 1.04. The van der Waals surface area contributed by atoms with Gasteiger partial charge in [-0.3, -0.25) is 14.5 Å². The molecule has 0 aliphatic carbocycles. The van der Waals surface area contributed by atoms with E-state index in [1.165, 1.54) is 4.90 Å². The molecule has 3 heterocycles. The summed E-state index contributed by atoms with van der Waals surface area (Å²) in [4.78, 5) is 27.8. The molecule has 0 radical (unpaired) electrons. The standard InChI is InChI=1S/C27H47NO7S6/c29-26-23-21-20-22(41-19-18-40-15-10-34-6-4-32-8-12-37)25(35-21)24(23)27(30)28(26)2-1-13-38-16-17-39-14-9-33-5-3-31-7-11-36/h21-25,36-37H,1-20H2. The lowest BCUT2D eigenvalue weighted by Gasteiger charge is -2.24. The highest BCUT2D eigenvalue weighted by Gasteiger charge is 2.65. The maximum atomic E-state index is 13.2. The minimum atomic E-state index is -0.273. The van der Waals surface area contributed by atoms with Crippen LogP contribution in [0.15, 0.2) is 0 Å². The van der Waals surface area contributed by atoms with Crippen LogP contribution in [-0.2, 0) is 33.3 Å². The van der Waals surface area contributed by atoms with Crippen molar-refractivity contribution in [3.63, 3.8) is 0 Å². The molecule has 8 nitrogen and oxygen atoms in total. The maximum Gasteiger partial charge on any atom is 0.235 e. The summed E-state index contributed by atoms with van der Waals surface area (Å²) in [5, 5.41) is 0.309. The molecule has 0 aromatic carbocycles. The van der Waals surface area contributed by atoms with Crippen LogP contribution in [0.1, 0.15) is 12.8 Å². The second-order valence-electron chi connectivity index (χ2n) is 9.75. The van der Waals surface area contributed by atoms with Crippen LogP contribution in [0.25, 0.3) is 0 Å². The van der Waals surface area contributed by atoms with Crippen molar-refractivity contribution < 1.29 is 33.3 Å². The maximum absolute atomic E-state index is 13.2. The molecular weight excluding hydrogens is 643 g/mol. The Labute approximate surface area is 274 Å². The zero-order chi connectivity index (χ0) is 29.1. The number of imide groups is 1. The number of fused-ring (bicyclic) bond motifs is 5. The van der Waals surface area contributed by atoms with Gasteiger partial charge in [-0.05, 0) is 18.6 Å². The molecule has 5 unspecified atom stereocenters. The third kappa shape index (κ3) is 12.8. The molecular formula is C27H47NO7S6.